The van der Waals surface area contributed by atoms with Gasteiger partial charge in [-0.3, -0.25) is 4.79 Å². The molecule has 0 aliphatic rings. The number of alkyl carbamates (subject to hydrolysis) is 1. The number of rotatable bonds is 7. The van der Waals surface area contributed by atoms with E-state index in [4.69, 9.17) is 4.74 Å². The SMILES string of the molecule is CC(C)NC(=O)c1cc[n+](COC(=O)N[C@@H](C)Cc2ccccc2)cc1. The van der Waals surface area contributed by atoms with Crippen LogP contribution in [-0.4, -0.2) is 24.1 Å². The van der Waals surface area contributed by atoms with Crippen LogP contribution in [0.3, 0.4) is 0 Å². The van der Waals surface area contributed by atoms with Crippen LogP contribution in [0.5, 0.6) is 0 Å². The van der Waals surface area contributed by atoms with Crippen LogP contribution in [0.1, 0.15) is 36.7 Å². The van der Waals surface area contributed by atoms with Gasteiger partial charge < -0.3 is 15.4 Å². The number of pyridine rings is 1. The largest absolute Gasteiger partial charge is 0.412 e. The zero-order valence-corrected chi connectivity index (χ0v) is 15.4. The summed E-state index contributed by atoms with van der Waals surface area (Å²) in [6.07, 6.45) is 3.68. The second-order valence-electron chi connectivity index (χ2n) is 6.53. The fraction of sp³-hybridized carbons (Fsp3) is 0.350. The van der Waals surface area contributed by atoms with Crippen molar-refractivity contribution in [1.82, 2.24) is 10.6 Å². The van der Waals surface area contributed by atoms with E-state index in [0.29, 0.717) is 5.56 Å². The molecule has 2 N–H and O–H groups in total. The van der Waals surface area contributed by atoms with Crippen molar-refractivity contribution in [2.75, 3.05) is 0 Å². The lowest BCUT2D eigenvalue weighted by Gasteiger charge is -2.13. The van der Waals surface area contributed by atoms with Crippen molar-refractivity contribution in [2.24, 2.45) is 0 Å². The smallest absolute Gasteiger partial charge is 0.388 e. The molecule has 1 aromatic heterocycles. The highest BCUT2D eigenvalue weighted by Crippen LogP contribution is 2.03. The average Bonchev–Trinajstić information content (AvgIpc) is 2.60. The van der Waals surface area contributed by atoms with E-state index < -0.39 is 6.09 Å². The molecule has 6 nitrogen and oxygen atoms in total. The minimum Gasteiger partial charge on any atom is -0.388 e. The molecule has 26 heavy (non-hydrogen) atoms. The Bertz CT molecular complexity index is 715. The normalized spacial score (nSPS) is 11.7. The van der Waals surface area contributed by atoms with Crippen molar-refractivity contribution in [1.29, 1.82) is 0 Å². The number of carbonyl (C=O) groups excluding carboxylic acids is 2. The molecule has 0 radical (unpaired) electrons. The highest BCUT2D eigenvalue weighted by molar-refractivity contribution is 5.94. The summed E-state index contributed by atoms with van der Waals surface area (Å²) in [5, 5.41) is 5.64. The minimum absolute atomic E-state index is 0.0306. The summed E-state index contributed by atoms with van der Waals surface area (Å²) in [6, 6.07) is 13.4. The topological polar surface area (TPSA) is 71.3 Å². The van der Waals surface area contributed by atoms with Gasteiger partial charge in [-0.15, -0.1) is 0 Å². The van der Waals surface area contributed by atoms with E-state index in [1.54, 1.807) is 29.1 Å². The van der Waals surface area contributed by atoms with Crippen LogP contribution in [0.4, 0.5) is 4.79 Å². The first-order chi connectivity index (χ1) is 12.4. The van der Waals surface area contributed by atoms with Gasteiger partial charge in [-0.25, -0.2) is 4.79 Å². The molecular weight excluding hydrogens is 330 g/mol. The lowest BCUT2D eigenvalue weighted by Crippen LogP contribution is -2.40. The molecule has 0 fully saturated rings. The molecule has 0 unspecified atom stereocenters. The molecule has 6 heteroatoms. The van der Waals surface area contributed by atoms with Crippen molar-refractivity contribution in [2.45, 2.75) is 46.0 Å². The van der Waals surface area contributed by atoms with Gasteiger partial charge in [0.2, 0.25) is 0 Å². The Hall–Kier alpha value is -2.89. The van der Waals surface area contributed by atoms with E-state index in [9.17, 15) is 9.59 Å². The maximum Gasteiger partial charge on any atom is 0.412 e. The van der Waals surface area contributed by atoms with Gasteiger partial charge in [-0.05, 0) is 32.8 Å². The fourth-order valence-electron chi connectivity index (χ4n) is 2.43. The van der Waals surface area contributed by atoms with Crippen molar-refractivity contribution in [3.8, 4) is 0 Å². The summed E-state index contributed by atoms with van der Waals surface area (Å²) < 4.78 is 6.90. The first-order valence-corrected chi connectivity index (χ1v) is 8.71. The summed E-state index contributed by atoms with van der Waals surface area (Å²) in [7, 11) is 0. The number of carbonyl (C=O) groups is 2. The second-order valence-corrected chi connectivity index (χ2v) is 6.53. The molecular formula is C20H26N3O3+. The minimum atomic E-state index is -0.470. The van der Waals surface area contributed by atoms with Gasteiger partial charge in [0.15, 0.2) is 12.4 Å². The third-order valence-corrected chi connectivity index (χ3v) is 3.67. The van der Waals surface area contributed by atoms with Crippen molar-refractivity contribution in [3.05, 3.63) is 66.0 Å². The molecule has 1 atom stereocenters. The van der Waals surface area contributed by atoms with Crippen LogP contribution in [0.15, 0.2) is 54.9 Å². The Morgan fingerprint density at radius 1 is 1.00 bits per heavy atom. The molecule has 2 amide bonds. The van der Waals surface area contributed by atoms with E-state index >= 15 is 0 Å². The zero-order chi connectivity index (χ0) is 18.9. The standard InChI is InChI=1S/C20H25N3O3/c1-15(2)21-19(24)18-9-11-23(12-10-18)14-26-20(25)22-16(3)13-17-7-5-4-6-8-17/h4-12,15-16H,13-14H2,1-3H3,(H-,21,22,24,25)/p+1/t16-/m0/s1. The Balaban J connectivity index is 1.77. The van der Waals surface area contributed by atoms with Gasteiger partial charge in [-0.2, -0.15) is 4.57 Å². The van der Waals surface area contributed by atoms with E-state index in [2.05, 4.69) is 10.6 Å². The van der Waals surface area contributed by atoms with Gasteiger partial charge in [0, 0.05) is 24.2 Å². The van der Waals surface area contributed by atoms with Gasteiger partial charge in [0.05, 0.1) is 5.56 Å². The Kier molecular flexibility index (Phi) is 7.14. The maximum absolute atomic E-state index is 11.9. The number of nitrogens with zero attached hydrogens (tertiary/aromatic N) is 1. The number of hydrogen-bond donors (Lipinski definition) is 2. The summed E-state index contributed by atoms with van der Waals surface area (Å²) in [4.78, 5) is 23.8. The highest BCUT2D eigenvalue weighted by Gasteiger charge is 2.12. The molecule has 0 saturated heterocycles. The average molecular weight is 356 g/mol. The van der Waals surface area contributed by atoms with E-state index in [0.717, 1.165) is 12.0 Å². The number of hydrogen-bond acceptors (Lipinski definition) is 3. The monoisotopic (exact) mass is 356 g/mol. The Labute approximate surface area is 154 Å². The van der Waals surface area contributed by atoms with Gasteiger partial charge >= 0.3 is 6.09 Å². The third-order valence-electron chi connectivity index (χ3n) is 3.67. The number of aromatic nitrogens is 1. The first kappa shape index (κ1) is 19.4. The second kappa shape index (κ2) is 9.56. The van der Waals surface area contributed by atoms with E-state index in [-0.39, 0.29) is 24.7 Å². The van der Waals surface area contributed by atoms with Crippen molar-refractivity contribution < 1.29 is 18.9 Å². The van der Waals surface area contributed by atoms with Gasteiger partial charge in [0.1, 0.15) is 0 Å². The molecule has 0 spiro atoms. The van der Waals surface area contributed by atoms with Crippen LogP contribution in [0.2, 0.25) is 0 Å². The lowest BCUT2D eigenvalue weighted by atomic mass is 10.1. The number of nitrogens with one attached hydrogen (secondary N) is 2. The van der Waals surface area contributed by atoms with Crippen LogP contribution in [0, 0.1) is 0 Å². The van der Waals surface area contributed by atoms with Gasteiger partial charge in [0.25, 0.3) is 12.6 Å². The molecule has 1 heterocycles. The fourth-order valence-corrected chi connectivity index (χ4v) is 2.43. The summed E-state index contributed by atoms with van der Waals surface area (Å²) in [5.41, 5.74) is 1.72. The van der Waals surface area contributed by atoms with E-state index in [1.165, 1.54) is 0 Å². The van der Waals surface area contributed by atoms with Crippen LogP contribution < -0.4 is 15.2 Å². The van der Waals surface area contributed by atoms with Crippen molar-refractivity contribution in [3.63, 3.8) is 0 Å². The number of amides is 2. The van der Waals surface area contributed by atoms with Gasteiger partial charge in [-0.1, -0.05) is 30.3 Å². The molecule has 2 aromatic rings. The quantitative estimate of drug-likeness (QED) is 0.749. The lowest BCUT2D eigenvalue weighted by molar-refractivity contribution is -0.727. The molecule has 0 aliphatic heterocycles. The molecule has 0 saturated carbocycles. The summed E-state index contributed by atoms with van der Waals surface area (Å²) >= 11 is 0. The molecule has 2 rings (SSSR count). The predicted molar refractivity (Wildman–Crippen MR) is 98.5 cm³/mol. The molecule has 0 aliphatic carbocycles. The zero-order valence-electron chi connectivity index (χ0n) is 15.4. The molecule has 1 aromatic carbocycles. The number of ether oxygens (including phenoxy) is 1. The Morgan fingerprint density at radius 2 is 1.65 bits per heavy atom. The van der Waals surface area contributed by atoms with E-state index in [1.807, 2.05) is 51.1 Å². The van der Waals surface area contributed by atoms with Crippen LogP contribution in [0.25, 0.3) is 0 Å². The predicted octanol–water partition coefficient (Wildman–Crippen LogP) is 2.43. The summed E-state index contributed by atoms with van der Waals surface area (Å²) in [5.74, 6) is -0.124. The highest BCUT2D eigenvalue weighted by atomic mass is 16.6. The van der Waals surface area contributed by atoms with Crippen LogP contribution in [-0.2, 0) is 17.9 Å². The molecule has 138 valence electrons. The third kappa shape index (κ3) is 6.55. The Morgan fingerprint density at radius 3 is 2.27 bits per heavy atom. The van der Waals surface area contributed by atoms with Crippen molar-refractivity contribution >= 4 is 12.0 Å². The summed E-state index contributed by atoms with van der Waals surface area (Å²) in [6.45, 7) is 5.83. The number of benzene rings is 1. The first-order valence-electron chi connectivity index (χ1n) is 8.71. The van der Waals surface area contributed by atoms with Crippen LogP contribution >= 0.6 is 0 Å². The molecule has 0 bridgehead atoms. The maximum atomic E-state index is 11.9.